The van der Waals surface area contributed by atoms with Crippen LogP contribution >= 0.6 is 0 Å². The Morgan fingerprint density at radius 1 is 1.53 bits per heavy atom. The third kappa shape index (κ3) is 4.47. The van der Waals surface area contributed by atoms with Crippen LogP contribution in [0.3, 0.4) is 0 Å². The number of carbonyl (C=O) groups is 1. The van der Waals surface area contributed by atoms with Crippen LogP contribution in [0.1, 0.15) is 12.5 Å². The van der Waals surface area contributed by atoms with Crippen LogP contribution in [0.15, 0.2) is 24.3 Å². The molecule has 0 unspecified atom stereocenters. The molecular weight excluding hydrogens is 226 g/mol. The minimum atomic E-state index is -0.585. The Bertz CT molecular complexity index is 408. The number of non-ortho nitro benzene ring substituents is 1. The second-order valence-electron chi connectivity index (χ2n) is 3.13. The van der Waals surface area contributed by atoms with E-state index in [4.69, 9.17) is 0 Å². The van der Waals surface area contributed by atoms with Gasteiger partial charge in [-0.25, -0.2) is 10.2 Å². The Balaban J connectivity index is 2.44. The maximum atomic E-state index is 10.9. The molecule has 2 N–H and O–H groups in total. The van der Waals surface area contributed by atoms with E-state index in [0.717, 1.165) is 0 Å². The van der Waals surface area contributed by atoms with Gasteiger partial charge in [-0.1, -0.05) is 12.1 Å². The molecule has 0 saturated carbocycles. The number of carbonyl (C=O) groups excluding carboxylic acids is 1. The van der Waals surface area contributed by atoms with E-state index in [1.54, 1.807) is 19.1 Å². The molecule has 17 heavy (non-hydrogen) atoms. The molecule has 0 aliphatic rings. The number of nitrogens with one attached hydrogen (secondary N) is 2. The minimum Gasteiger partial charge on any atom is -0.449 e. The molecule has 0 aliphatic carbocycles. The smallest absolute Gasteiger partial charge is 0.421 e. The number of benzene rings is 1. The highest BCUT2D eigenvalue weighted by Crippen LogP contribution is 2.12. The molecule has 0 heterocycles. The van der Waals surface area contributed by atoms with E-state index >= 15 is 0 Å². The van der Waals surface area contributed by atoms with Gasteiger partial charge in [0.1, 0.15) is 0 Å². The van der Waals surface area contributed by atoms with Crippen molar-refractivity contribution in [3.63, 3.8) is 0 Å². The summed E-state index contributed by atoms with van der Waals surface area (Å²) in [4.78, 5) is 21.0. The SMILES string of the molecule is CCOC(=O)NNCc1cccc([N+](=O)[O-])c1. The minimum absolute atomic E-state index is 0.0143. The van der Waals surface area contributed by atoms with Gasteiger partial charge in [0.2, 0.25) is 0 Å². The van der Waals surface area contributed by atoms with Crippen molar-refractivity contribution >= 4 is 11.8 Å². The Morgan fingerprint density at radius 3 is 2.94 bits per heavy atom. The van der Waals surface area contributed by atoms with Crippen LogP contribution in [0.2, 0.25) is 0 Å². The normalized spacial score (nSPS) is 9.71. The predicted molar refractivity (Wildman–Crippen MR) is 60.1 cm³/mol. The molecule has 7 heteroatoms. The molecule has 0 saturated heterocycles. The fourth-order valence-electron chi connectivity index (χ4n) is 1.17. The van der Waals surface area contributed by atoms with Crippen molar-refractivity contribution < 1.29 is 14.5 Å². The molecule has 1 rings (SSSR count). The fourth-order valence-corrected chi connectivity index (χ4v) is 1.17. The molecule has 1 amide bonds. The predicted octanol–water partition coefficient (Wildman–Crippen LogP) is 1.35. The lowest BCUT2D eigenvalue weighted by molar-refractivity contribution is -0.384. The Labute approximate surface area is 97.9 Å². The number of hydrogen-bond donors (Lipinski definition) is 2. The summed E-state index contributed by atoms with van der Waals surface area (Å²) in [6.45, 7) is 2.25. The van der Waals surface area contributed by atoms with E-state index in [1.807, 2.05) is 0 Å². The molecule has 0 atom stereocenters. The van der Waals surface area contributed by atoms with Crippen LogP contribution in [0.5, 0.6) is 0 Å². The lowest BCUT2D eigenvalue weighted by Crippen LogP contribution is -2.37. The zero-order valence-electron chi connectivity index (χ0n) is 9.30. The van der Waals surface area contributed by atoms with E-state index in [9.17, 15) is 14.9 Å². The molecule has 0 aromatic heterocycles. The number of rotatable bonds is 5. The number of hydrogen-bond acceptors (Lipinski definition) is 5. The van der Waals surface area contributed by atoms with Crippen molar-refractivity contribution in [3.05, 3.63) is 39.9 Å². The quantitative estimate of drug-likeness (QED) is 0.597. The molecular formula is C10H13N3O4. The highest BCUT2D eigenvalue weighted by Gasteiger charge is 2.05. The summed E-state index contributed by atoms with van der Waals surface area (Å²) in [7, 11) is 0. The van der Waals surface area contributed by atoms with Gasteiger partial charge in [0, 0.05) is 18.7 Å². The van der Waals surface area contributed by atoms with E-state index in [0.29, 0.717) is 5.56 Å². The van der Waals surface area contributed by atoms with Crippen molar-refractivity contribution in [2.24, 2.45) is 0 Å². The molecule has 7 nitrogen and oxygen atoms in total. The number of nitro groups is 1. The second-order valence-corrected chi connectivity index (χ2v) is 3.13. The Morgan fingerprint density at radius 2 is 2.29 bits per heavy atom. The van der Waals surface area contributed by atoms with Crippen LogP contribution in [0.4, 0.5) is 10.5 Å². The van der Waals surface area contributed by atoms with Gasteiger partial charge < -0.3 is 4.74 Å². The lowest BCUT2D eigenvalue weighted by atomic mass is 10.2. The Hall–Kier alpha value is -2.15. The standard InChI is InChI=1S/C10H13N3O4/c1-2-17-10(14)12-11-7-8-4-3-5-9(6-8)13(15)16/h3-6,11H,2,7H2,1H3,(H,12,14). The van der Waals surface area contributed by atoms with Crippen LogP contribution in [-0.4, -0.2) is 17.6 Å². The van der Waals surface area contributed by atoms with E-state index < -0.39 is 11.0 Å². The van der Waals surface area contributed by atoms with Crippen molar-refractivity contribution in [2.45, 2.75) is 13.5 Å². The van der Waals surface area contributed by atoms with Gasteiger partial charge in [-0.2, -0.15) is 0 Å². The summed E-state index contributed by atoms with van der Waals surface area (Å²) in [5, 5.41) is 10.5. The maximum Gasteiger partial charge on any atom is 0.421 e. The summed E-state index contributed by atoms with van der Waals surface area (Å²) in [5.74, 6) is 0. The number of nitrogens with zero attached hydrogens (tertiary/aromatic N) is 1. The third-order valence-corrected chi connectivity index (χ3v) is 1.88. The van der Waals surface area contributed by atoms with Gasteiger partial charge in [-0.3, -0.25) is 15.5 Å². The van der Waals surface area contributed by atoms with Crippen LogP contribution in [0.25, 0.3) is 0 Å². The molecule has 0 spiro atoms. The molecule has 0 aliphatic heterocycles. The van der Waals surface area contributed by atoms with E-state index in [-0.39, 0.29) is 18.8 Å². The topological polar surface area (TPSA) is 93.5 Å². The molecule has 1 aromatic rings. The number of amides is 1. The van der Waals surface area contributed by atoms with E-state index in [1.165, 1.54) is 12.1 Å². The van der Waals surface area contributed by atoms with Gasteiger partial charge in [0.15, 0.2) is 0 Å². The zero-order chi connectivity index (χ0) is 12.7. The first-order valence-corrected chi connectivity index (χ1v) is 5.02. The van der Waals surface area contributed by atoms with Crippen molar-refractivity contribution in [2.75, 3.05) is 6.61 Å². The first-order chi connectivity index (χ1) is 8.13. The van der Waals surface area contributed by atoms with Gasteiger partial charge in [0.25, 0.3) is 5.69 Å². The molecule has 1 aromatic carbocycles. The summed E-state index contributed by atoms with van der Waals surface area (Å²) in [5.41, 5.74) is 5.61. The van der Waals surface area contributed by atoms with Gasteiger partial charge >= 0.3 is 6.09 Å². The second kappa shape index (κ2) is 6.44. The summed E-state index contributed by atoms with van der Waals surface area (Å²) >= 11 is 0. The average Bonchev–Trinajstić information content (AvgIpc) is 2.30. The number of hydrazine groups is 1. The monoisotopic (exact) mass is 239 g/mol. The largest absolute Gasteiger partial charge is 0.449 e. The summed E-state index contributed by atoms with van der Waals surface area (Å²) in [6.07, 6.45) is -0.585. The first-order valence-electron chi connectivity index (χ1n) is 5.02. The highest BCUT2D eigenvalue weighted by molar-refractivity contribution is 5.66. The highest BCUT2D eigenvalue weighted by atomic mass is 16.6. The zero-order valence-corrected chi connectivity index (χ0v) is 9.30. The fraction of sp³-hybridized carbons (Fsp3) is 0.300. The van der Waals surface area contributed by atoms with E-state index in [2.05, 4.69) is 15.6 Å². The van der Waals surface area contributed by atoms with Gasteiger partial charge in [0.05, 0.1) is 11.5 Å². The van der Waals surface area contributed by atoms with Gasteiger partial charge in [-0.05, 0) is 12.5 Å². The number of ether oxygens (including phenoxy) is 1. The summed E-state index contributed by atoms with van der Waals surface area (Å²) in [6, 6.07) is 6.13. The molecule has 0 fully saturated rings. The lowest BCUT2D eigenvalue weighted by Gasteiger charge is -2.06. The summed E-state index contributed by atoms with van der Waals surface area (Å²) < 4.78 is 4.62. The van der Waals surface area contributed by atoms with Crippen LogP contribution < -0.4 is 10.9 Å². The Kier molecular flexibility index (Phi) is 4.89. The molecule has 92 valence electrons. The first kappa shape index (κ1) is 12.9. The average molecular weight is 239 g/mol. The van der Waals surface area contributed by atoms with Crippen LogP contribution in [-0.2, 0) is 11.3 Å². The van der Waals surface area contributed by atoms with Crippen molar-refractivity contribution in [1.82, 2.24) is 10.9 Å². The maximum absolute atomic E-state index is 10.9. The van der Waals surface area contributed by atoms with Gasteiger partial charge in [-0.15, -0.1) is 0 Å². The third-order valence-electron chi connectivity index (χ3n) is 1.88. The van der Waals surface area contributed by atoms with Crippen LogP contribution in [0, 0.1) is 10.1 Å². The number of nitro benzene ring substituents is 1. The molecule has 0 bridgehead atoms. The molecule has 0 radical (unpaired) electrons. The van der Waals surface area contributed by atoms with Crippen molar-refractivity contribution in [1.29, 1.82) is 0 Å². The van der Waals surface area contributed by atoms with Crippen molar-refractivity contribution in [3.8, 4) is 0 Å².